The molecule has 1 unspecified atom stereocenters. The summed E-state index contributed by atoms with van der Waals surface area (Å²) >= 11 is 1.09. The van der Waals surface area contributed by atoms with E-state index in [0.29, 0.717) is 6.42 Å². The van der Waals surface area contributed by atoms with Crippen molar-refractivity contribution in [3.63, 3.8) is 0 Å². The van der Waals surface area contributed by atoms with Crippen LogP contribution >= 0.6 is 11.8 Å². The second-order valence-electron chi connectivity index (χ2n) is 7.79. The zero-order chi connectivity index (χ0) is 24.2. The highest BCUT2D eigenvalue weighted by Crippen LogP contribution is 2.34. The molecule has 0 saturated heterocycles. The van der Waals surface area contributed by atoms with Gasteiger partial charge in [-0.15, -0.1) is 10.2 Å². The van der Waals surface area contributed by atoms with E-state index in [9.17, 15) is 9.18 Å². The molecule has 1 aliphatic rings. The lowest BCUT2D eigenvalue weighted by atomic mass is 9.98. The van der Waals surface area contributed by atoms with E-state index in [1.807, 2.05) is 54.6 Å². The number of carbonyl (C=O) groups is 1. The Hall–Kier alpha value is -3.98. The molecular formula is C26H21FN4O3S. The van der Waals surface area contributed by atoms with Crippen LogP contribution in [0.3, 0.4) is 0 Å². The summed E-state index contributed by atoms with van der Waals surface area (Å²) in [6.45, 7) is 0. The summed E-state index contributed by atoms with van der Waals surface area (Å²) in [6.07, 6.45) is 0.588. The predicted molar refractivity (Wildman–Crippen MR) is 131 cm³/mol. The highest BCUT2D eigenvalue weighted by molar-refractivity contribution is 7.99. The Balaban J connectivity index is 1.34. The summed E-state index contributed by atoms with van der Waals surface area (Å²) in [4.78, 5) is 13.3. The van der Waals surface area contributed by atoms with Crippen molar-refractivity contribution in [2.45, 2.75) is 17.7 Å². The van der Waals surface area contributed by atoms with Crippen LogP contribution in [-0.2, 0) is 4.79 Å². The summed E-state index contributed by atoms with van der Waals surface area (Å²) in [5, 5.41) is 14.2. The van der Waals surface area contributed by atoms with Crippen LogP contribution in [0.25, 0.3) is 11.5 Å². The Bertz CT molecular complexity index is 1360. The minimum absolute atomic E-state index is 0.0388. The van der Waals surface area contributed by atoms with E-state index in [0.717, 1.165) is 34.3 Å². The maximum Gasteiger partial charge on any atom is 0.277 e. The van der Waals surface area contributed by atoms with Crippen molar-refractivity contribution >= 4 is 23.4 Å². The van der Waals surface area contributed by atoms with Gasteiger partial charge >= 0.3 is 0 Å². The molecule has 1 aliphatic heterocycles. The number of hydrogen-bond donors (Lipinski definition) is 0. The second-order valence-corrected chi connectivity index (χ2v) is 8.71. The Morgan fingerprint density at radius 3 is 2.54 bits per heavy atom. The molecule has 1 atom stereocenters. The van der Waals surface area contributed by atoms with Crippen LogP contribution in [0.5, 0.6) is 5.75 Å². The number of hydrogen-bond acceptors (Lipinski definition) is 7. The van der Waals surface area contributed by atoms with Crippen molar-refractivity contribution in [2.24, 2.45) is 5.10 Å². The Kier molecular flexibility index (Phi) is 6.58. The number of rotatable bonds is 7. The lowest BCUT2D eigenvalue weighted by molar-refractivity contribution is -0.130. The van der Waals surface area contributed by atoms with E-state index >= 15 is 0 Å². The Morgan fingerprint density at radius 1 is 1.06 bits per heavy atom. The molecule has 35 heavy (non-hydrogen) atoms. The van der Waals surface area contributed by atoms with Gasteiger partial charge in [0.15, 0.2) is 0 Å². The van der Waals surface area contributed by atoms with Gasteiger partial charge in [0.25, 0.3) is 17.0 Å². The lowest BCUT2D eigenvalue weighted by Crippen LogP contribution is -2.28. The number of ether oxygens (including phenoxy) is 1. The molecule has 0 bridgehead atoms. The van der Waals surface area contributed by atoms with Gasteiger partial charge in [-0.1, -0.05) is 66.4 Å². The van der Waals surface area contributed by atoms with Gasteiger partial charge in [-0.05, 0) is 35.4 Å². The average molecular weight is 489 g/mol. The molecule has 5 rings (SSSR count). The minimum atomic E-state index is -0.453. The Morgan fingerprint density at radius 2 is 1.80 bits per heavy atom. The number of hydrazone groups is 1. The highest BCUT2D eigenvalue weighted by Gasteiger charge is 2.33. The fourth-order valence-electron chi connectivity index (χ4n) is 3.83. The maximum absolute atomic E-state index is 14.0. The summed E-state index contributed by atoms with van der Waals surface area (Å²) in [5.74, 6) is 0.196. The van der Waals surface area contributed by atoms with Gasteiger partial charge in [-0.3, -0.25) is 4.79 Å². The maximum atomic E-state index is 14.0. The minimum Gasteiger partial charge on any atom is -0.497 e. The third-order valence-electron chi connectivity index (χ3n) is 5.60. The number of aromatic nitrogens is 2. The van der Waals surface area contributed by atoms with E-state index in [1.165, 1.54) is 11.1 Å². The quantitative estimate of drug-likeness (QED) is 0.326. The third kappa shape index (κ3) is 4.95. The molecule has 9 heteroatoms. The van der Waals surface area contributed by atoms with Crippen molar-refractivity contribution in [3.05, 3.63) is 95.8 Å². The Labute approximate surface area is 205 Å². The van der Waals surface area contributed by atoms with E-state index in [2.05, 4.69) is 15.3 Å². The number of halogens is 1. The average Bonchev–Trinajstić information content (AvgIpc) is 3.56. The second kappa shape index (κ2) is 10.1. The van der Waals surface area contributed by atoms with Crippen molar-refractivity contribution in [1.82, 2.24) is 15.2 Å². The molecule has 0 saturated carbocycles. The van der Waals surface area contributed by atoms with E-state index in [-0.39, 0.29) is 34.4 Å². The van der Waals surface area contributed by atoms with Gasteiger partial charge < -0.3 is 9.15 Å². The van der Waals surface area contributed by atoms with Crippen molar-refractivity contribution in [2.75, 3.05) is 12.9 Å². The number of carbonyl (C=O) groups excluding carboxylic acids is 1. The van der Waals surface area contributed by atoms with Gasteiger partial charge in [0.2, 0.25) is 0 Å². The number of benzene rings is 3. The lowest BCUT2D eigenvalue weighted by Gasteiger charge is -2.22. The topological polar surface area (TPSA) is 80.8 Å². The zero-order valence-electron chi connectivity index (χ0n) is 18.8. The molecule has 0 fully saturated rings. The molecule has 3 aromatic carbocycles. The molecule has 2 heterocycles. The third-order valence-corrected chi connectivity index (χ3v) is 6.41. The summed E-state index contributed by atoms with van der Waals surface area (Å²) in [7, 11) is 1.61. The first-order valence-electron chi connectivity index (χ1n) is 10.9. The predicted octanol–water partition coefficient (Wildman–Crippen LogP) is 5.35. The largest absolute Gasteiger partial charge is 0.497 e. The molecule has 0 aliphatic carbocycles. The zero-order valence-corrected chi connectivity index (χ0v) is 19.6. The number of nitrogens with zero attached hydrogens (tertiary/aromatic N) is 4. The van der Waals surface area contributed by atoms with Gasteiger partial charge in [0.1, 0.15) is 11.6 Å². The van der Waals surface area contributed by atoms with Gasteiger partial charge in [-0.25, -0.2) is 9.40 Å². The van der Waals surface area contributed by atoms with Gasteiger partial charge in [0, 0.05) is 6.42 Å². The molecule has 0 N–H and O–H groups in total. The van der Waals surface area contributed by atoms with E-state index in [1.54, 1.807) is 25.3 Å². The molecule has 176 valence electrons. The van der Waals surface area contributed by atoms with Gasteiger partial charge in [-0.2, -0.15) is 5.10 Å². The normalized spacial score (nSPS) is 15.2. The van der Waals surface area contributed by atoms with Crippen LogP contribution in [0.1, 0.15) is 23.6 Å². The number of amides is 1. The first kappa shape index (κ1) is 22.8. The molecule has 1 aromatic heterocycles. The van der Waals surface area contributed by atoms with Gasteiger partial charge in [0.05, 0.1) is 30.2 Å². The standard InChI is InChI=1S/C26H21FN4O3S/c1-33-19-13-11-18(12-14-19)23-15-22(17-7-3-2-4-8-17)30-31(23)24(32)16-35-26-29-28-25(34-26)20-9-5-6-10-21(20)27/h2-14,23H,15-16H2,1H3. The molecule has 0 radical (unpaired) electrons. The monoisotopic (exact) mass is 488 g/mol. The smallest absolute Gasteiger partial charge is 0.277 e. The van der Waals surface area contributed by atoms with Crippen molar-refractivity contribution < 1.29 is 18.3 Å². The van der Waals surface area contributed by atoms with Crippen molar-refractivity contribution in [3.8, 4) is 17.2 Å². The first-order valence-corrected chi connectivity index (χ1v) is 11.9. The fraction of sp³-hybridized carbons (Fsp3) is 0.154. The summed E-state index contributed by atoms with van der Waals surface area (Å²) in [5.41, 5.74) is 2.98. The SMILES string of the molecule is COc1ccc(C2CC(c3ccccc3)=NN2C(=O)CSc2nnc(-c3ccccc3F)o2)cc1. The van der Waals surface area contributed by atoms with E-state index < -0.39 is 5.82 Å². The highest BCUT2D eigenvalue weighted by atomic mass is 32.2. The number of methoxy groups -OCH3 is 1. The molecular weight excluding hydrogens is 467 g/mol. The van der Waals surface area contributed by atoms with E-state index in [4.69, 9.17) is 9.15 Å². The molecule has 0 spiro atoms. The molecule has 7 nitrogen and oxygen atoms in total. The number of thioether (sulfide) groups is 1. The van der Waals surface area contributed by atoms with Crippen LogP contribution in [0.2, 0.25) is 0 Å². The van der Waals surface area contributed by atoms with Crippen LogP contribution in [0.4, 0.5) is 4.39 Å². The first-order chi connectivity index (χ1) is 17.1. The summed E-state index contributed by atoms with van der Waals surface area (Å²) in [6, 6.07) is 23.3. The fourth-order valence-corrected chi connectivity index (χ4v) is 4.45. The molecule has 1 amide bonds. The van der Waals surface area contributed by atoms with Crippen LogP contribution in [0, 0.1) is 5.82 Å². The van der Waals surface area contributed by atoms with Crippen molar-refractivity contribution in [1.29, 1.82) is 0 Å². The van der Waals surface area contributed by atoms with Crippen LogP contribution < -0.4 is 4.74 Å². The van der Waals surface area contributed by atoms with Crippen LogP contribution in [0.15, 0.2) is 93.6 Å². The van der Waals surface area contributed by atoms with Crippen LogP contribution in [-0.4, -0.2) is 39.7 Å². The summed E-state index contributed by atoms with van der Waals surface area (Å²) < 4.78 is 24.9. The molecule has 4 aromatic rings.